The second-order valence-corrected chi connectivity index (χ2v) is 3.62. The zero-order chi connectivity index (χ0) is 11.1. The summed E-state index contributed by atoms with van der Waals surface area (Å²) < 4.78 is 4.85. The molecule has 0 heterocycles. The Bertz CT molecular complexity index is 269. The van der Waals surface area contributed by atoms with Crippen LogP contribution in [0, 0.1) is 0 Å². The van der Waals surface area contributed by atoms with Gasteiger partial charge in [0.15, 0.2) is 0 Å². The fourth-order valence-corrected chi connectivity index (χ4v) is 1.42. The van der Waals surface area contributed by atoms with E-state index >= 15 is 0 Å². The first kappa shape index (κ1) is 12.2. The molecule has 0 bridgehead atoms. The summed E-state index contributed by atoms with van der Waals surface area (Å²) in [5.41, 5.74) is 2.08. The molecule has 0 aliphatic heterocycles. The van der Waals surface area contributed by atoms with Gasteiger partial charge in [0.05, 0.1) is 19.3 Å². The van der Waals surface area contributed by atoms with E-state index in [1.54, 1.807) is 7.11 Å². The molecule has 1 rings (SSSR count). The number of ether oxygens (including phenoxy) is 1. The SMILES string of the molecule is COCC(O)CCc1ccc(CO)cc1. The topological polar surface area (TPSA) is 49.7 Å². The summed E-state index contributed by atoms with van der Waals surface area (Å²) >= 11 is 0. The number of hydrogen-bond donors (Lipinski definition) is 2. The summed E-state index contributed by atoms with van der Waals surface area (Å²) in [5.74, 6) is 0. The van der Waals surface area contributed by atoms with Crippen molar-refractivity contribution in [1.29, 1.82) is 0 Å². The van der Waals surface area contributed by atoms with Gasteiger partial charge in [-0.3, -0.25) is 0 Å². The fourth-order valence-electron chi connectivity index (χ4n) is 1.42. The first-order chi connectivity index (χ1) is 7.26. The van der Waals surface area contributed by atoms with Crippen molar-refractivity contribution in [2.24, 2.45) is 0 Å². The van der Waals surface area contributed by atoms with Gasteiger partial charge >= 0.3 is 0 Å². The van der Waals surface area contributed by atoms with E-state index in [4.69, 9.17) is 9.84 Å². The summed E-state index contributed by atoms with van der Waals surface area (Å²) in [6.45, 7) is 0.460. The van der Waals surface area contributed by atoms with Crippen LogP contribution in [0.25, 0.3) is 0 Å². The Hall–Kier alpha value is -0.900. The van der Waals surface area contributed by atoms with Gasteiger partial charge in [-0.1, -0.05) is 24.3 Å². The highest BCUT2D eigenvalue weighted by Crippen LogP contribution is 2.08. The van der Waals surface area contributed by atoms with Crippen molar-refractivity contribution in [3.63, 3.8) is 0 Å². The van der Waals surface area contributed by atoms with E-state index in [-0.39, 0.29) is 6.61 Å². The first-order valence-corrected chi connectivity index (χ1v) is 5.12. The van der Waals surface area contributed by atoms with E-state index in [1.165, 1.54) is 5.56 Å². The quantitative estimate of drug-likeness (QED) is 0.739. The first-order valence-electron chi connectivity index (χ1n) is 5.12. The van der Waals surface area contributed by atoms with Crippen molar-refractivity contribution in [1.82, 2.24) is 0 Å². The Balaban J connectivity index is 2.37. The highest BCUT2D eigenvalue weighted by molar-refractivity contribution is 5.22. The van der Waals surface area contributed by atoms with Crippen molar-refractivity contribution in [2.45, 2.75) is 25.6 Å². The summed E-state index contributed by atoms with van der Waals surface area (Å²) in [6, 6.07) is 7.76. The van der Waals surface area contributed by atoms with E-state index < -0.39 is 6.10 Å². The molecule has 0 aliphatic rings. The van der Waals surface area contributed by atoms with Crippen LogP contribution in [0.1, 0.15) is 17.5 Å². The molecule has 1 atom stereocenters. The molecule has 1 aromatic carbocycles. The van der Waals surface area contributed by atoms with Gasteiger partial charge in [0.1, 0.15) is 0 Å². The van der Waals surface area contributed by atoms with Crippen LogP contribution in [-0.2, 0) is 17.8 Å². The minimum atomic E-state index is -0.396. The Labute approximate surface area is 90.3 Å². The molecule has 0 aromatic heterocycles. The minimum Gasteiger partial charge on any atom is -0.392 e. The van der Waals surface area contributed by atoms with Crippen LogP contribution in [0.2, 0.25) is 0 Å². The van der Waals surface area contributed by atoms with Crippen molar-refractivity contribution in [2.75, 3.05) is 13.7 Å². The van der Waals surface area contributed by atoms with Crippen LogP contribution in [-0.4, -0.2) is 30.0 Å². The third kappa shape index (κ3) is 4.42. The van der Waals surface area contributed by atoms with Gasteiger partial charge in [-0.2, -0.15) is 0 Å². The van der Waals surface area contributed by atoms with Crippen LogP contribution in [0.5, 0.6) is 0 Å². The lowest BCUT2D eigenvalue weighted by Gasteiger charge is -2.09. The molecule has 3 nitrogen and oxygen atoms in total. The molecule has 0 saturated carbocycles. The molecular formula is C12H18O3. The zero-order valence-electron chi connectivity index (χ0n) is 9.02. The van der Waals surface area contributed by atoms with Gasteiger partial charge < -0.3 is 14.9 Å². The molecule has 0 spiro atoms. The predicted molar refractivity (Wildman–Crippen MR) is 58.6 cm³/mol. The van der Waals surface area contributed by atoms with Crippen molar-refractivity contribution < 1.29 is 14.9 Å². The van der Waals surface area contributed by atoms with Crippen LogP contribution >= 0.6 is 0 Å². The summed E-state index contributed by atoms with van der Waals surface area (Å²) in [5, 5.41) is 18.3. The normalized spacial score (nSPS) is 12.7. The van der Waals surface area contributed by atoms with Gasteiger partial charge in [-0.05, 0) is 24.0 Å². The maximum Gasteiger partial charge on any atom is 0.0776 e. The molecule has 0 fully saturated rings. The van der Waals surface area contributed by atoms with Gasteiger partial charge in [-0.15, -0.1) is 0 Å². The molecule has 0 radical (unpaired) electrons. The molecular weight excluding hydrogens is 192 g/mol. The monoisotopic (exact) mass is 210 g/mol. The number of aryl methyl sites for hydroxylation is 1. The van der Waals surface area contributed by atoms with Crippen molar-refractivity contribution >= 4 is 0 Å². The summed E-state index contributed by atoms with van der Waals surface area (Å²) in [4.78, 5) is 0. The Morgan fingerprint density at radius 1 is 1.20 bits per heavy atom. The fraction of sp³-hybridized carbons (Fsp3) is 0.500. The largest absolute Gasteiger partial charge is 0.392 e. The van der Waals surface area contributed by atoms with Crippen molar-refractivity contribution in [3.05, 3.63) is 35.4 Å². The number of rotatable bonds is 6. The second-order valence-electron chi connectivity index (χ2n) is 3.62. The minimum absolute atomic E-state index is 0.0760. The maximum atomic E-state index is 9.45. The third-order valence-electron chi connectivity index (χ3n) is 2.33. The van der Waals surface area contributed by atoms with E-state index in [2.05, 4.69) is 0 Å². The molecule has 0 saturated heterocycles. The maximum absolute atomic E-state index is 9.45. The summed E-state index contributed by atoms with van der Waals surface area (Å²) in [7, 11) is 1.58. The van der Waals surface area contributed by atoms with Gasteiger partial charge in [0.25, 0.3) is 0 Å². The zero-order valence-corrected chi connectivity index (χ0v) is 9.02. The van der Waals surface area contributed by atoms with Crippen LogP contribution < -0.4 is 0 Å². The Morgan fingerprint density at radius 3 is 2.33 bits per heavy atom. The molecule has 3 heteroatoms. The average Bonchev–Trinajstić information content (AvgIpc) is 2.27. The molecule has 2 N–H and O–H groups in total. The third-order valence-corrected chi connectivity index (χ3v) is 2.33. The molecule has 0 aliphatic carbocycles. The van der Waals surface area contributed by atoms with E-state index in [0.717, 1.165) is 12.0 Å². The number of hydrogen-bond acceptors (Lipinski definition) is 3. The standard InChI is InChI=1S/C12H18O3/c1-15-9-12(14)7-6-10-2-4-11(8-13)5-3-10/h2-5,12-14H,6-9H2,1H3. The highest BCUT2D eigenvalue weighted by Gasteiger charge is 2.03. The molecule has 15 heavy (non-hydrogen) atoms. The smallest absolute Gasteiger partial charge is 0.0776 e. The average molecular weight is 210 g/mol. The predicted octanol–water partition coefficient (Wildman–Crippen LogP) is 1.12. The number of benzene rings is 1. The number of aliphatic hydroxyl groups is 2. The number of aliphatic hydroxyl groups excluding tert-OH is 2. The van der Waals surface area contributed by atoms with Gasteiger partial charge in [-0.25, -0.2) is 0 Å². The van der Waals surface area contributed by atoms with Gasteiger partial charge in [0.2, 0.25) is 0 Å². The lowest BCUT2D eigenvalue weighted by atomic mass is 10.1. The molecule has 1 aromatic rings. The van der Waals surface area contributed by atoms with E-state index in [9.17, 15) is 5.11 Å². The lowest BCUT2D eigenvalue weighted by molar-refractivity contribution is 0.0595. The molecule has 0 amide bonds. The van der Waals surface area contributed by atoms with Gasteiger partial charge in [0, 0.05) is 7.11 Å². The van der Waals surface area contributed by atoms with E-state index in [1.807, 2.05) is 24.3 Å². The van der Waals surface area contributed by atoms with E-state index in [0.29, 0.717) is 13.0 Å². The Morgan fingerprint density at radius 2 is 1.80 bits per heavy atom. The highest BCUT2D eigenvalue weighted by atomic mass is 16.5. The van der Waals surface area contributed by atoms with Crippen LogP contribution in [0.4, 0.5) is 0 Å². The second kappa shape index (κ2) is 6.56. The van der Waals surface area contributed by atoms with Crippen LogP contribution in [0.15, 0.2) is 24.3 Å². The number of methoxy groups -OCH3 is 1. The Kier molecular flexibility index (Phi) is 5.32. The molecule has 1 unspecified atom stereocenters. The molecule has 84 valence electrons. The lowest BCUT2D eigenvalue weighted by Crippen LogP contribution is -2.14. The van der Waals surface area contributed by atoms with Crippen molar-refractivity contribution in [3.8, 4) is 0 Å². The van der Waals surface area contributed by atoms with Crippen LogP contribution in [0.3, 0.4) is 0 Å². The summed E-state index contributed by atoms with van der Waals surface area (Å²) in [6.07, 6.45) is 1.13.